The van der Waals surface area contributed by atoms with Crippen LogP contribution in [0.15, 0.2) is 66.7 Å². The minimum Gasteiger partial charge on any atom is -0.369 e. The normalized spacial score (nSPS) is 11.5. The lowest BCUT2D eigenvalue weighted by molar-refractivity contribution is 0.538. The molecule has 2 aromatic heterocycles. The quantitative estimate of drug-likeness (QED) is 0.336. The molecule has 0 saturated heterocycles. The zero-order chi connectivity index (χ0) is 23.1. The van der Waals surface area contributed by atoms with E-state index in [0.29, 0.717) is 23.3 Å². The average Bonchev–Trinajstić information content (AvgIpc) is 3.35. The smallest absolute Gasteiger partial charge is 0.201 e. The number of nitrogens with one attached hydrogen (secondary N) is 1. The molecule has 5 nitrogen and oxygen atoms in total. The average molecular weight is 444 g/mol. The molecule has 7 heteroatoms. The number of hydrogen-bond acceptors (Lipinski definition) is 3. The number of aromatic nitrogens is 4. The first-order valence-corrected chi connectivity index (χ1v) is 10.8. The van der Waals surface area contributed by atoms with Crippen molar-refractivity contribution in [1.29, 1.82) is 0 Å². The van der Waals surface area contributed by atoms with Gasteiger partial charge in [0.25, 0.3) is 0 Å². The molecule has 0 aliphatic carbocycles. The molecule has 0 aliphatic rings. The number of nitrogens with two attached hydrogens (primary N) is 1. The van der Waals surface area contributed by atoms with Crippen molar-refractivity contribution in [2.45, 2.75) is 20.4 Å². The van der Waals surface area contributed by atoms with E-state index in [9.17, 15) is 8.78 Å². The Balaban J connectivity index is 1.73. The summed E-state index contributed by atoms with van der Waals surface area (Å²) >= 11 is 0. The topological polar surface area (TPSA) is 72.5 Å². The maximum absolute atomic E-state index is 14.5. The second-order valence-electron chi connectivity index (χ2n) is 8.45. The summed E-state index contributed by atoms with van der Waals surface area (Å²) in [6.45, 7) is 4.96. The summed E-state index contributed by atoms with van der Waals surface area (Å²) in [7, 11) is 0. The molecule has 2 heterocycles. The Morgan fingerprint density at radius 1 is 0.909 bits per heavy atom. The Morgan fingerprint density at radius 3 is 2.33 bits per heavy atom. The van der Waals surface area contributed by atoms with Crippen LogP contribution in [0.25, 0.3) is 44.9 Å². The van der Waals surface area contributed by atoms with Crippen molar-refractivity contribution in [3.05, 3.63) is 78.4 Å². The molecule has 166 valence electrons. The number of hydrogen-bond donors (Lipinski definition) is 2. The standard InChI is InChI=1S/C26H23F2N5/c1-15(2)14-33-21-13-17(11-12-20(21)30-26(33)29)24-23(16-7-4-3-5-8-16)31-25(32-24)22-18(27)9-6-10-19(22)28/h3-13,15H,14H2,1-2H3,(H2,29,30)(H,31,32). The summed E-state index contributed by atoms with van der Waals surface area (Å²) in [5, 5.41) is 0. The Morgan fingerprint density at radius 2 is 1.64 bits per heavy atom. The van der Waals surface area contributed by atoms with Crippen molar-refractivity contribution in [1.82, 2.24) is 19.5 Å². The second kappa shape index (κ2) is 8.16. The summed E-state index contributed by atoms with van der Waals surface area (Å²) in [6.07, 6.45) is 0. The number of rotatable bonds is 5. The monoisotopic (exact) mass is 443 g/mol. The summed E-state index contributed by atoms with van der Waals surface area (Å²) in [4.78, 5) is 12.3. The molecule has 0 radical (unpaired) electrons. The third kappa shape index (κ3) is 3.75. The molecule has 0 spiro atoms. The number of fused-ring (bicyclic) bond motifs is 1. The SMILES string of the molecule is CC(C)Cn1c(N)nc2ccc(-c3nc(-c4c(F)cccc4F)[nH]c3-c3ccccc3)cc21. The van der Waals surface area contributed by atoms with Crippen molar-refractivity contribution in [3.8, 4) is 33.9 Å². The maximum atomic E-state index is 14.5. The van der Waals surface area contributed by atoms with Crippen molar-refractivity contribution in [2.24, 2.45) is 5.92 Å². The van der Waals surface area contributed by atoms with E-state index in [4.69, 9.17) is 5.73 Å². The highest BCUT2D eigenvalue weighted by molar-refractivity contribution is 5.88. The van der Waals surface area contributed by atoms with Crippen LogP contribution >= 0.6 is 0 Å². The molecule has 0 aliphatic heterocycles. The lowest BCUT2D eigenvalue weighted by atomic mass is 10.0. The summed E-state index contributed by atoms with van der Waals surface area (Å²) < 4.78 is 31.1. The minimum atomic E-state index is -0.673. The first-order chi connectivity index (χ1) is 15.9. The Hall–Kier alpha value is -4.00. The molecule has 0 atom stereocenters. The maximum Gasteiger partial charge on any atom is 0.201 e. The third-order valence-electron chi connectivity index (χ3n) is 5.56. The highest BCUT2D eigenvalue weighted by Gasteiger charge is 2.21. The highest BCUT2D eigenvalue weighted by Crippen LogP contribution is 2.36. The van der Waals surface area contributed by atoms with Crippen LogP contribution in [0.2, 0.25) is 0 Å². The van der Waals surface area contributed by atoms with Crippen LogP contribution in [0, 0.1) is 17.6 Å². The molecule has 0 unspecified atom stereocenters. The van der Waals surface area contributed by atoms with Gasteiger partial charge < -0.3 is 15.3 Å². The van der Waals surface area contributed by atoms with E-state index in [1.807, 2.05) is 53.1 Å². The molecule has 3 aromatic carbocycles. The van der Waals surface area contributed by atoms with E-state index in [1.165, 1.54) is 18.2 Å². The first-order valence-electron chi connectivity index (χ1n) is 10.8. The number of anilines is 1. The van der Waals surface area contributed by atoms with E-state index in [0.717, 1.165) is 28.7 Å². The lowest BCUT2D eigenvalue weighted by Gasteiger charge is -2.10. The van der Waals surface area contributed by atoms with Gasteiger partial charge in [0.05, 0.1) is 28.0 Å². The van der Waals surface area contributed by atoms with Crippen LogP contribution in [0.1, 0.15) is 13.8 Å². The Kier molecular flexibility index (Phi) is 5.17. The van der Waals surface area contributed by atoms with Gasteiger partial charge in [0, 0.05) is 17.7 Å². The number of imidazole rings is 2. The minimum absolute atomic E-state index is 0.134. The molecule has 5 aromatic rings. The van der Waals surface area contributed by atoms with Crippen LogP contribution in [-0.4, -0.2) is 19.5 Å². The molecule has 3 N–H and O–H groups in total. The van der Waals surface area contributed by atoms with Crippen molar-refractivity contribution < 1.29 is 8.78 Å². The fourth-order valence-electron chi connectivity index (χ4n) is 4.08. The largest absolute Gasteiger partial charge is 0.369 e. The molecule has 0 amide bonds. The number of benzene rings is 3. The highest BCUT2D eigenvalue weighted by atomic mass is 19.1. The fraction of sp³-hybridized carbons (Fsp3) is 0.154. The number of nitrogen functional groups attached to an aromatic ring is 1. The van der Waals surface area contributed by atoms with Crippen LogP contribution in [0.3, 0.4) is 0 Å². The van der Waals surface area contributed by atoms with Gasteiger partial charge in [0.2, 0.25) is 5.95 Å². The molecular formula is C26H23F2N5. The molecule has 5 rings (SSSR count). The van der Waals surface area contributed by atoms with E-state index < -0.39 is 11.6 Å². The second-order valence-corrected chi connectivity index (χ2v) is 8.45. The van der Waals surface area contributed by atoms with Crippen molar-refractivity contribution >= 4 is 17.0 Å². The van der Waals surface area contributed by atoms with Crippen molar-refractivity contribution in [3.63, 3.8) is 0 Å². The van der Waals surface area contributed by atoms with Gasteiger partial charge in [-0.2, -0.15) is 0 Å². The predicted octanol–water partition coefficient (Wildman–Crippen LogP) is 6.28. The number of nitrogens with zero attached hydrogens (tertiary/aromatic N) is 3. The number of aromatic amines is 1. The fourth-order valence-corrected chi connectivity index (χ4v) is 4.08. The molecule has 0 fully saturated rings. The van der Waals surface area contributed by atoms with E-state index in [2.05, 4.69) is 28.8 Å². The van der Waals surface area contributed by atoms with E-state index in [-0.39, 0.29) is 11.4 Å². The third-order valence-corrected chi connectivity index (χ3v) is 5.56. The Labute approximate surface area is 189 Å². The van der Waals surface area contributed by atoms with Crippen LogP contribution < -0.4 is 5.73 Å². The van der Waals surface area contributed by atoms with Gasteiger partial charge in [-0.3, -0.25) is 0 Å². The van der Waals surface area contributed by atoms with Gasteiger partial charge in [-0.05, 0) is 30.2 Å². The van der Waals surface area contributed by atoms with Crippen molar-refractivity contribution in [2.75, 3.05) is 5.73 Å². The van der Waals surface area contributed by atoms with Gasteiger partial charge in [-0.25, -0.2) is 18.7 Å². The first kappa shape index (κ1) is 20.9. The van der Waals surface area contributed by atoms with E-state index in [1.54, 1.807) is 0 Å². The molecule has 0 saturated carbocycles. The van der Waals surface area contributed by atoms with Gasteiger partial charge >= 0.3 is 0 Å². The summed E-state index contributed by atoms with van der Waals surface area (Å²) in [5.41, 5.74) is 10.6. The van der Waals surface area contributed by atoms with Crippen LogP contribution in [0.4, 0.5) is 14.7 Å². The van der Waals surface area contributed by atoms with Gasteiger partial charge in [-0.15, -0.1) is 0 Å². The van der Waals surface area contributed by atoms with Gasteiger partial charge in [-0.1, -0.05) is 56.3 Å². The number of halogens is 2. The zero-order valence-electron chi connectivity index (χ0n) is 18.3. The van der Waals surface area contributed by atoms with E-state index >= 15 is 0 Å². The summed E-state index contributed by atoms with van der Waals surface area (Å²) in [6, 6.07) is 19.1. The van der Waals surface area contributed by atoms with Gasteiger partial charge in [0.1, 0.15) is 17.5 Å². The van der Waals surface area contributed by atoms with Gasteiger partial charge in [0.15, 0.2) is 0 Å². The lowest BCUT2D eigenvalue weighted by Crippen LogP contribution is -2.07. The molecular weight excluding hydrogens is 420 g/mol. The van der Waals surface area contributed by atoms with Crippen LogP contribution in [0.5, 0.6) is 0 Å². The Bertz CT molecular complexity index is 1430. The molecule has 0 bridgehead atoms. The summed E-state index contributed by atoms with van der Waals surface area (Å²) in [5.74, 6) is -0.374. The van der Waals surface area contributed by atoms with Crippen LogP contribution in [-0.2, 0) is 6.54 Å². The number of H-pyrrole nitrogens is 1. The zero-order valence-corrected chi connectivity index (χ0v) is 18.3. The molecule has 33 heavy (non-hydrogen) atoms. The predicted molar refractivity (Wildman–Crippen MR) is 127 cm³/mol.